The summed E-state index contributed by atoms with van der Waals surface area (Å²) in [5, 5.41) is 9.37. The number of hydrogen-bond acceptors (Lipinski definition) is 3. The highest BCUT2D eigenvalue weighted by Gasteiger charge is 2.47. The maximum absolute atomic E-state index is 12.4. The lowest BCUT2D eigenvalue weighted by molar-refractivity contribution is -0.152. The van der Waals surface area contributed by atoms with Crippen LogP contribution in [0, 0.1) is 5.92 Å². The Morgan fingerprint density at radius 3 is 2.70 bits per heavy atom. The van der Waals surface area contributed by atoms with E-state index in [1.807, 2.05) is 13.8 Å². The molecule has 4 atom stereocenters. The van der Waals surface area contributed by atoms with Crippen molar-refractivity contribution in [3.8, 4) is 0 Å². The number of amides is 1. The Morgan fingerprint density at radius 2 is 2.05 bits per heavy atom. The molecule has 1 saturated carbocycles. The van der Waals surface area contributed by atoms with Crippen molar-refractivity contribution < 1.29 is 19.4 Å². The smallest absolute Gasteiger partial charge is 0.326 e. The van der Waals surface area contributed by atoms with Crippen molar-refractivity contribution in [3.05, 3.63) is 0 Å². The van der Waals surface area contributed by atoms with Crippen LogP contribution in [0.1, 0.15) is 52.4 Å². The van der Waals surface area contributed by atoms with Gasteiger partial charge in [0.05, 0.1) is 6.10 Å². The summed E-state index contributed by atoms with van der Waals surface area (Å²) >= 11 is 0. The van der Waals surface area contributed by atoms with E-state index < -0.39 is 12.0 Å². The Balaban J connectivity index is 2.04. The van der Waals surface area contributed by atoms with Crippen molar-refractivity contribution in [2.75, 3.05) is 6.61 Å². The number of carboxylic acid groups (broad SMARTS) is 1. The molecular weight excluding hydrogens is 258 g/mol. The largest absolute Gasteiger partial charge is 0.480 e. The second-order valence-corrected chi connectivity index (χ2v) is 6.03. The summed E-state index contributed by atoms with van der Waals surface area (Å²) in [6, 6.07) is -0.547. The molecule has 114 valence electrons. The molecule has 5 nitrogen and oxygen atoms in total. The van der Waals surface area contributed by atoms with Crippen LogP contribution in [0.2, 0.25) is 0 Å². The van der Waals surface area contributed by atoms with Gasteiger partial charge in [-0.2, -0.15) is 0 Å². The number of rotatable bonds is 5. The van der Waals surface area contributed by atoms with Crippen LogP contribution in [0.15, 0.2) is 0 Å². The van der Waals surface area contributed by atoms with Gasteiger partial charge < -0.3 is 14.7 Å². The monoisotopic (exact) mass is 283 g/mol. The SMILES string of the molecule is CCC(C)OCC(=O)N1C(C(=O)O)CC2CCCCC21. The number of likely N-dealkylation sites (tertiary alicyclic amines) is 1. The number of nitrogens with zero attached hydrogens (tertiary/aromatic N) is 1. The Bertz CT molecular complexity index is 371. The van der Waals surface area contributed by atoms with Crippen molar-refractivity contribution in [2.24, 2.45) is 5.92 Å². The third-order valence-corrected chi connectivity index (χ3v) is 4.73. The minimum absolute atomic E-state index is 0.00199. The number of fused-ring (bicyclic) bond motifs is 1. The number of hydrogen-bond donors (Lipinski definition) is 1. The van der Waals surface area contributed by atoms with Crippen LogP contribution in [0.4, 0.5) is 0 Å². The van der Waals surface area contributed by atoms with Crippen LogP contribution in [0.25, 0.3) is 0 Å². The number of carbonyl (C=O) groups excluding carboxylic acids is 1. The predicted octanol–water partition coefficient (Wildman–Crippen LogP) is 2.05. The number of carboxylic acids is 1. The molecule has 0 aromatic rings. The van der Waals surface area contributed by atoms with E-state index in [2.05, 4.69) is 0 Å². The van der Waals surface area contributed by atoms with E-state index in [9.17, 15) is 14.7 Å². The van der Waals surface area contributed by atoms with E-state index in [1.54, 1.807) is 4.90 Å². The molecule has 1 N–H and O–H groups in total. The first-order valence-electron chi connectivity index (χ1n) is 7.70. The molecule has 0 spiro atoms. The minimum Gasteiger partial charge on any atom is -0.480 e. The summed E-state index contributed by atoms with van der Waals surface area (Å²) in [5.41, 5.74) is 0. The van der Waals surface area contributed by atoms with E-state index in [4.69, 9.17) is 4.74 Å². The summed E-state index contributed by atoms with van der Waals surface area (Å²) in [6.45, 7) is 3.93. The van der Waals surface area contributed by atoms with Gasteiger partial charge in [-0.15, -0.1) is 0 Å². The average Bonchev–Trinajstić information content (AvgIpc) is 2.84. The van der Waals surface area contributed by atoms with Gasteiger partial charge in [-0.05, 0) is 38.5 Å². The molecule has 1 aliphatic heterocycles. The van der Waals surface area contributed by atoms with Gasteiger partial charge in [-0.1, -0.05) is 19.8 Å². The zero-order valence-electron chi connectivity index (χ0n) is 12.4. The second kappa shape index (κ2) is 6.57. The molecule has 5 heteroatoms. The molecule has 0 aromatic heterocycles. The van der Waals surface area contributed by atoms with Crippen LogP contribution >= 0.6 is 0 Å². The first-order valence-corrected chi connectivity index (χ1v) is 7.70. The Hall–Kier alpha value is -1.10. The molecule has 1 aliphatic carbocycles. The van der Waals surface area contributed by atoms with E-state index >= 15 is 0 Å². The Morgan fingerprint density at radius 1 is 1.35 bits per heavy atom. The molecule has 1 saturated heterocycles. The van der Waals surface area contributed by atoms with Crippen molar-refractivity contribution in [3.63, 3.8) is 0 Å². The number of carbonyl (C=O) groups is 2. The standard InChI is InChI=1S/C15H25NO4/c1-3-10(2)20-9-14(17)16-12-7-5-4-6-11(12)8-13(16)15(18)19/h10-13H,3-9H2,1-2H3,(H,18,19). The highest BCUT2D eigenvalue weighted by molar-refractivity contribution is 5.85. The molecule has 2 aliphatic rings. The van der Waals surface area contributed by atoms with Crippen molar-refractivity contribution in [2.45, 2.75) is 70.6 Å². The second-order valence-electron chi connectivity index (χ2n) is 6.03. The summed E-state index contributed by atoms with van der Waals surface area (Å²) in [5.74, 6) is -0.680. The summed E-state index contributed by atoms with van der Waals surface area (Å²) in [4.78, 5) is 25.4. The third-order valence-electron chi connectivity index (χ3n) is 4.73. The van der Waals surface area contributed by atoms with Crippen LogP contribution in [0.3, 0.4) is 0 Å². The summed E-state index contributed by atoms with van der Waals surface area (Å²) in [7, 11) is 0. The average molecular weight is 283 g/mol. The molecule has 1 heterocycles. The van der Waals surface area contributed by atoms with E-state index in [-0.39, 0.29) is 24.7 Å². The van der Waals surface area contributed by atoms with E-state index in [1.165, 1.54) is 0 Å². The molecular formula is C15H25NO4. The van der Waals surface area contributed by atoms with Gasteiger partial charge in [0.2, 0.25) is 5.91 Å². The molecule has 2 fully saturated rings. The van der Waals surface area contributed by atoms with Crippen LogP contribution < -0.4 is 0 Å². The fourth-order valence-electron chi connectivity index (χ4n) is 3.45. The molecule has 0 aromatic carbocycles. The maximum Gasteiger partial charge on any atom is 0.326 e. The Kier molecular flexibility index (Phi) is 5.02. The van der Waals surface area contributed by atoms with Crippen LogP contribution in [-0.2, 0) is 14.3 Å². The maximum atomic E-state index is 12.4. The lowest BCUT2D eigenvalue weighted by Crippen LogP contribution is -2.48. The quantitative estimate of drug-likeness (QED) is 0.838. The fraction of sp³-hybridized carbons (Fsp3) is 0.867. The zero-order valence-corrected chi connectivity index (χ0v) is 12.4. The Labute approximate surface area is 120 Å². The molecule has 4 unspecified atom stereocenters. The van der Waals surface area contributed by atoms with Crippen LogP contribution in [0.5, 0.6) is 0 Å². The van der Waals surface area contributed by atoms with Gasteiger partial charge in [-0.25, -0.2) is 4.79 Å². The highest BCUT2D eigenvalue weighted by Crippen LogP contribution is 2.39. The number of aliphatic carboxylic acids is 1. The van der Waals surface area contributed by atoms with Gasteiger partial charge in [-0.3, -0.25) is 4.79 Å². The highest BCUT2D eigenvalue weighted by atomic mass is 16.5. The summed E-state index contributed by atoms with van der Waals surface area (Å²) < 4.78 is 5.49. The zero-order chi connectivity index (χ0) is 14.7. The van der Waals surface area contributed by atoms with E-state index in [0.717, 1.165) is 32.1 Å². The van der Waals surface area contributed by atoms with Gasteiger partial charge >= 0.3 is 5.97 Å². The normalized spacial score (nSPS) is 30.9. The van der Waals surface area contributed by atoms with Gasteiger partial charge in [0, 0.05) is 6.04 Å². The van der Waals surface area contributed by atoms with Crippen molar-refractivity contribution >= 4 is 11.9 Å². The number of ether oxygens (including phenoxy) is 1. The summed E-state index contributed by atoms with van der Waals surface area (Å²) in [6.07, 6.45) is 5.71. The van der Waals surface area contributed by atoms with Gasteiger partial charge in [0.25, 0.3) is 0 Å². The van der Waals surface area contributed by atoms with Crippen molar-refractivity contribution in [1.29, 1.82) is 0 Å². The molecule has 0 bridgehead atoms. The fourth-order valence-corrected chi connectivity index (χ4v) is 3.45. The molecule has 20 heavy (non-hydrogen) atoms. The predicted molar refractivity (Wildman–Crippen MR) is 74.3 cm³/mol. The van der Waals surface area contributed by atoms with Gasteiger partial charge in [0.1, 0.15) is 12.6 Å². The van der Waals surface area contributed by atoms with Crippen molar-refractivity contribution in [1.82, 2.24) is 4.90 Å². The topological polar surface area (TPSA) is 66.8 Å². The lowest BCUT2D eigenvalue weighted by Gasteiger charge is -2.33. The van der Waals surface area contributed by atoms with E-state index in [0.29, 0.717) is 12.3 Å². The molecule has 2 rings (SSSR count). The first-order chi connectivity index (χ1) is 9.54. The third kappa shape index (κ3) is 3.14. The molecule has 0 radical (unpaired) electrons. The lowest BCUT2D eigenvalue weighted by atomic mass is 9.85. The molecule has 1 amide bonds. The van der Waals surface area contributed by atoms with Crippen LogP contribution in [-0.4, -0.2) is 46.7 Å². The minimum atomic E-state index is -0.878. The first kappa shape index (κ1) is 15.3. The van der Waals surface area contributed by atoms with Gasteiger partial charge in [0.15, 0.2) is 0 Å².